The van der Waals surface area contributed by atoms with E-state index in [1.807, 2.05) is 24.4 Å². The van der Waals surface area contributed by atoms with Crippen molar-refractivity contribution < 1.29 is 9.50 Å². The second kappa shape index (κ2) is 7.68. The molecule has 1 aliphatic rings. The summed E-state index contributed by atoms with van der Waals surface area (Å²) >= 11 is 0. The number of pyridine rings is 2. The summed E-state index contributed by atoms with van der Waals surface area (Å²) in [6.07, 6.45) is 6.66. The van der Waals surface area contributed by atoms with Crippen LogP contribution in [0.5, 0.6) is 0 Å². The summed E-state index contributed by atoms with van der Waals surface area (Å²) < 4.78 is 16.7. The van der Waals surface area contributed by atoms with Crippen LogP contribution in [0.1, 0.15) is 26.7 Å². The molecule has 3 aromatic rings. The average Bonchev–Trinajstić information content (AvgIpc) is 3.13. The lowest BCUT2D eigenvalue weighted by Gasteiger charge is -2.30. The molecule has 1 atom stereocenters. The molecule has 0 aliphatic carbocycles. The maximum atomic E-state index is 15.0. The highest BCUT2D eigenvalue weighted by atomic mass is 19.1. The van der Waals surface area contributed by atoms with Crippen molar-refractivity contribution in [1.82, 2.24) is 25.1 Å². The predicted molar refractivity (Wildman–Crippen MR) is 111 cm³/mol. The minimum atomic E-state index is -1.29. The minimum absolute atomic E-state index is 0.193. The third-order valence-corrected chi connectivity index (χ3v) is 5.07. The molecule has 1 fully saturated rings. The van der Waals surface area contributed by atoms with Crippen LogP contribution >= 0.6 is 0 Å². The van der Waals surface area contributed by atoms with Crippen LogP contribution in [0.2, 0.25) is 0 Å². The van der Waals surface area contributed by atoms with E-state index in [0.717, 1.165) is 29.4 Å². The van der Waals surface area contributed by atoms with Crippen LogP contribution in [0.25, 0.3) is 22.2 Å². The minimum Gasteiger partial charge on any atom is -0.389 e. The molecule has 3 aromatic heterocycles. The molecular formula is C21H27FN6O. The van der Waals surface area contributed by atoms with Crippen molar-refractivity contribution in [2.45, 2.75) is 44.5 Å². The van der Waals surface area contributed by atoms with Gasteiger partial charge in [0, 0.05) is 29.9 Å². The Hall–Kier alpha value is -2.58. The lowest BCUT2D eigenvalue weighted by Crippen LogP contribution is -2.46. The number of aliphatic hydroxyl groups is 1. The first-order valence-electron chi connectivity index (χ1n) is 9.96. The van der Waals surface area contributed by atoms with Gasteiger partial charge in [0.15, 0.2) is 0 Å². The van der Waals surface area contributed by atoms with E-state index in [-0.39, 0.29) is 6.54 Å². The van der Waals surface area contributed by atoms with Crippen LogP contribution in [0.3, 0.4) is 0 Å². The molecule has 4 heterocycles. The fraction of sp³-hybridized carbons (Fsp3) is 0.476. The van der Waals surface area contributed by atoms with Gasteiger partial charge in [-0.2, -0.15) is 5.10 Å². The number of hydrogen-bond acceptors (Lipinski definition) is 6. The summed E-state index contributed by atoms with van der Waals surface area (Å²) in [5.74, 6) is 0.614. The van der Waals surface area contributed by atoms with Crippen molar-refractivity contribution in [3.63, 3.8) is 0 Å². The SMILES string of the molecule is CC(C)(O)Cn1cc(-c2cc3ncccc3c(NC[C@@]3(F)CCCNC3)n2)cn1. The van der Waals surface area contributed by atoms with E-state index in [1.165, 1.54) is 0 Å². The Morgan fingerprint density at radius 3 is 3.03 bits per heavy atom. The van der Waals surface area contributed by atoms with Gasteiger partial charge in [-0.05, 0) is 51.4 Å². The number of aromatic nitrogens is 4. The molecule has 0 saturated carbocycles. The van der Waals surface area contributed by atoms with E-state index in [9.17, 15) is 5.11 Å². The van der Waals surface area contributed by atoms with E-state index in [1.54, 1.807) is 30.9 Å². The number of nitrogens with one attached hydrogen (secondary N) is 2. The Kier molecular flexibility index (Phi) is 5.23. The van der Waals surface area contributed by atoms with Crippen molar-refractivity contribution in [1.29, 1.82) is 0 Å². The molecular weight excluding hydrogens is 371 g/mol. The van der Waals surface area contributed by atoms with E-state index in [2.05, 4.69) is 20.7 Å². The fourth-order valence-corrected chi connectivity index (χ4v) is 3.66. The number of nitrogens with zero attached hydrogens (tertiary/aromatic N) is 4. The number of alkyl halides is 1. The van der Waals surface area contributed by atoms with E-state index in [4.69, 9.17) is 4.98 Å². The van der Waals surface area contributed by atoms with E-state index < -0.39 is 11.3 Å². The number of hydrogen-bond donors (Lipinski definition) is 3. The fourth-order valence-electron chi connectivity index (χ4n) is 3.66. The summed E-state index contributed by atoms with van der Waals surface area (Å²) in [5, 5.41) is 21.5. The summed E-state index contributed by atoms with van der Waals surface area (Å²) in [7, 11) is 0. The summed E-state index contributed by atoms with van der Waals surface area (Å²) in [6.45, 7) is 5.25. The second-order valence-corrected chi connectivity index (χ2v) is 8.45. The predicted octanol–water partition coefficient (Wildman–Crippen LogP) is 2.77. The molecule has 0 spiro atoms. The van der Waals surface area contributed by atoms with Gasteiger partial charge in [-0.25, -0.2) is 9.37 Å². The van der Waals surface area contributed by atoms with Gasteiger partial charge >= 0.3 is 0 Å². The zero-order valence-corrected chi connectivity index (χ0v) is 16.8. The number of anilines is 1. The third-order valence-electron chi connectivity index (χ3n) is 5.07. The van der Waals surface area contributed by atoms with Gasteiger partial charge in [-0.15, -0.1) is 0 Å². The molecule has 0 amide bonds. The Morgan fingerprint density at radius 1 is 1.41 bits per heavy atom. The summed E-state index contributed by atoms with van der Waals surface area (Å²) in [6, 6.07) is 5.69. The van der Waals surface area contributed by atoms with Crippen LogP contribution in [0.4, 0.5) is 10.2 Å². The second-order valence-electron chi connectivity index (χ2n) is 8.45. The Morgan fingerprint density at radius 2 is 2.28 bits per heavy atom. The van der Waals surface area contributed by atoms with Gasteiger partial charge in [-0.1, -0.05) is 0 Å². The number of halogens is 1. The normalized spacial score (nSPS) is 20.1. The zero-order chi connectivity index (χ0) is 20.5. The largest absolute Gasteiger partial charge is 0.389 e. The lowest BCUT2D eigenvalue weighted by atomic mass is 9.96. The molecule has 4 rings (SSSR count). The quantitative estimate of drug-likeness (QED) is 0.592. The van der Waals surface area contributed by atoms with Gasteiger partial charge in [0.2, 0.25) is 0 Å². The molecule has 1 saturated heterocycles. The molecule has 3 N–H and O–H groups in total. The van der Waals surface area contributed by atoms with Crippen molar-refractivity contribution in [3.05, 3.63) is 36.8 Å². The number of fused-ring (bicyclic) bond motifs is 1. The Bertz CT molecular complexity index is 990. The van der Waals surface area contributed by atoms with Crippen molar-refractivity contribution >= 4 is 16.7 Å². The van der Waals surface area contributed by atoms with Gasteiger partial charge in [-0.3, -0.25) is 9.67 Å². The highest BCUT2D eigenvalue weighted by molar-refractivity contribution is 5.91. The maximum absolute atomic E-state index is 15.0. The number of rotatable bonds is 6. The first-order chi connectivity index (χ1) is 13.8. The molecule has 8 heteroatoms. The maximum Gasteiger partial charge on any atom is 0.140 e. The number of piperidine rings is 1. The van der Waals surface area contributed by atoms with Gasteiger partial charge in [0.25, 0.3) is 0 Å². The van der Waals surface area contributed by atoms with E-state index >= 15 is 4.39 Å². The van der Waals surface area contributed by atoms with Crippen molar-refractivity contribution in [2.24, 2.45) is 0 Å². The molecule has 154 valence electrons. The first-order valence-corrected chi connectivity index (χ1v) is 9.96. The van der Waals surface area contributed by atoms with Gasteiger partial charge < -0.3 is 15.7 Å². The summed E-state index contributed by atoms with van der Waals surface area (Å²) in [5.41, 5.74) is 0.152. The van der Waals surface area contributed by atoms with Crippen molar-refractivity contribution in [2.75, 3.05) is 25.0 Å². The van der Waals surface area contributed by atoms with Crippen molar-refractivity contribution in [3.8, 4) is 11.3 Å². The van der Waals surface area contributed by atoms with Crippen LogP contribution in [0.15, 0.2) is 36.8 Å². The highest BCUT2D eigenvalue weighted by Gasteiger charge is 2.31. The topological polar surface area (TPSA) is 87.9 Å². The molecule has 1 aliphatic heterocycles. The monoisotopic (exact) mass is 398 g/mol. The van der Waals surface area contributed by atoms with Crippen LogP contribution in [-0.4, -0.2) is 55.8 Å². The summed E-state index contributed by atoms with van der Waals surface area (Å²) in [4.78, 5) is 9.20. The van der Waals surface area contributed by atoms with Crippen LogP contribution < -0.4 is 10.6 Å². The Balaban J connectivity index is 1.64. The average molecular weight is 398 g/mol. The van der Waals surface area contributed by atoms with Crippen LogP contribution in [-0.2, 0) is 6.54 Å². The van der Waals surface area contributed by atoms with Gasteiger partial charge in [0.1, 0.15) is 11.5 Å². The molecule has 7 nitrogen and oxygen atoms in total. The van der Waals surface area contributed by atoms with Crippen LogP contribution in [0, 0.1) is 0 Å². The van der Waals surface area contributed by atoms with E-state index in [0.29, 0.717) is 31.0 Å². The zero-order valence-electron chi connectivity index (χ0n) is 16.8. The van der Waals surface area contributed by atoms with Gasteiger partial charge in [0.05, 0.1) is 36.1 Å². The Labute approximate surface area is 169 Å². The molecule has 29 heavy (non-hydrogen) atoms. The lowest BCUT2D eigenvalue weighted by molar-refractivity contribution is 0.0577. The third kappa shape index (κ3) is 4.71. The standard InChI is InChI=1S/C21H27FN6O/c1-20(2,29)14-28-11-15(10-26-28)17-9-18-16(5-3-8-24-18)19(27-17)25-13-21(22)6-4-7-23-12-21/h3,5,8-11,23,29H,4,6-7,12-14H2,1-2H3,(H,25,27)/t21-/m1/s1. The first kappa shape index (κ1) is 19.7. The molecule has 0 unspecified atom stereocenters. The molecule has 0 bridgehead atoms. The smallest absolute Gasteiger partial charge is 0.140 e. The molecule has 0 radical (unpaired) electrons. The highest BCUT2D eigenvalue weighted by Crippen LogP contribution is 2.28. The molecule has 0 aromatic carbocycles.